The number of nitrogens with one attached hydrogen (secondary N) is 1. The average Bonchev–Trinajstić information content (AvgIpc) is 2.61. The third-order valence-corrected chi connectivity index (χ3v) is 3.69. The van der Waals surface area contributed by atoms with Crippen molar-refractivity contribution < 1.29 is 41.6 Å². The first-order valence-corrected chi connectivity index (χ1v) is 8.98. The molecule has 10 nitrogen and oxygen atoms in total. The van der Waals surface area contributed by atoms with Gasteiger partial charge in [-0.3, -0.25) is 9.35 Å². The number of alkyl carbamates (subject to hydrolysis) is 1. The second-order valence-electron chi connectivity index (χ2n) is 5.00. The number of hydrogen-bond acceptors (Lipinski definition) is 8. The SMILES string of the molecule is COC(=O)C(COC(=O)CCS(=O)(=O)O)NC(=O)OCc1ccccc1. The highest BCUT2D eigenvalue weighted by Gasteiger charge is 2.24. The van der Waals surface area contributed by atoms with Crippen molar-refractivity contribution in [3.05, 3.63) is 35.9 Å². The van der Waals surface area contributed by atoms with Crippen molar-refractivity contribution in [2.75, 3.05) is 19.5 Å². The summed E-state index contributed by atoms with van der Waals surface area (Å²) in [6, 6.07) is 7.47. The molecule has 0 aliphatic rings. The Bertz CT molecular complexity index is 718. The van der Waals surface area contributed by atoms with E-state index in [0.29, 0.717) is 0 Å². The minimum absolute atomic E-state index is 0.0330. The summed E-state index contributed by atoms with van der Waals surface area (Å²) in [6.45, 7) is -0.619. The summed E-state index contributed by atoms with van der Waals surface area (Å²) in [4.78, 5) is 34.8. The lowest BCUT2D eigenvalue weighted by molar-refractivity contribution is -0.150. The van der Waals surface area contributed by atoms with Crippen LogP contribution in [-0.2, 0) is 40.5 Å². The number of esters is 2. The molecule has 0 heterocycles. The lowest BCUT2D eigenvalue weighted by atomic mass is 10.2. The first-order chi connectivity index (χ1) is 12.2. The highest BCUT2D eigenvalue weighted by Crippen LogP contribution is 2.02. The van der Waals surface area contributed by atoms with E-state index in [1.54, 1.807) is 30.3 Å². The van der Waals surface area contributed by atoms with Gasteiger partial charge in [-0.15, -0.1) is 0 Å². The minimum Gasteiger partial charge on any atom is -0.467 e. The van der Waals surface area contributed by atoms with Crippen molar-refractivity contribution in [1.82, 2.24) is 5.32 Å². The lowest BCUT2D eigenvalue weighted by Gasteiger charge is -2.16. The van der Waals surface area contributed by atoms with E-state index in [4.69, 9.17) is 14.0 Å². The second kappa shape index (κ2) is 10.4. The molecule has 0 bridgehead atoms. The van der Waals surface area contributed by atoms with Crippen molar-refractivity contribution >= 4 is 28.1 Å². The molecular formula is C15H19NO9S. The van der Waals surface area contributed by atoms with E-state index < -0.39 is 53.0 Å². The first kappa shape index (κ1) is 21.4. The fraction of sp³-hybridized carbons (Fsp3) is 0.400. The van der Waals surface area contributed by atoms with Gasteiger partial charge in [0.25, 0.3) is 10.1 Å². The van der Waals surface area contributed by atoms with Crippen LogP contribution in [0.15, 0.2) is 30.3 Å². The van der Waals surface area contributed by atoms with Crippen molar-refractivity contribution in [2.45, 2.75) is 19.1 Å². The van der Waals surface area contributed by atoms with Crippen LogP contribution in [0, 0.1) is 0 Å². The predicted octanol–water partition coefficient (Wildman–Crippen LogP) is 0.276. The Balaban J connectivity index is 2.49. The molecule has 1 atom stereocenters. The Morgan fingerprint density at radius 3 is 2.38 bits per heavy atom. The maximum Gasteiger partial charge on any atom is 0.408 e. The molecule has 2 N–H and O–H groups in total. The zero-order valence-electron chi connectivity index (χ0n) is 13.9. The Hall–Kier alpha value is -2.66. The first-order valence-electron chi connectivity index (χ1n) is 7.37. The Morgan fingerprint density at radius 1 is 1.15 bits per heavy atom. The van der Waals surface area contributed by atoms with Gasteiger partial charge in [0, 0.05) is 0 Å². The van der Waals surface area contributed by atoms with Crippen molar-refractivity contribution in [3.8, 4) is 0 Å². The number of ether oxygens (including phenoxy) is 3. The molecule has 0 aromatic heterocycles. The summed E-state index contributed by atoms with van der Waals surface area (Å²) >= 11 is 0. The lowest BCUT2D eigenvalue weighted by Crippen LogP contribution is -2.45. The Kier molecular flexibility index (Phi) is 8.52. The molecule has 11 heteroatoms. The highest BCUT2D eigenvalue weighted by molar-refractivity contribution is 7.85. The number of hydrogen-bond donors (Lipinski definition) is 2. The topological polar surface area (TPSA) is 145 Å². The van der Waals surface area contributed by atoms with Gasteiger partial charge in [0.05, 0.1) is 19.3 Å². The van der Waals surface area contributed by atoms with Crippen molar-refractivity contribution in [3.63, 3.8) is 0 Å². The van der Waals surface area contributed by atoms with Gasteiger partial charge in [0.15, 0.2) is 6.04 Å². The van der Waals surface area contributed by atoms with Crippen LogP contribution in [0.5, 0.6) is 0 Å². The molecule has 1 aromatic carbocycles. The number of rotatable bonds is 9. The molecule has 1 aromatic rings. The third kappa shape index (κ3) is 8.99. The third-order valence-electron chi connectivity index (χ3n) is 2.97. The van der Waals surface area contributed by atoms with Gasteiger partial charge in [-0.2, -0.15) is 8.42 Å². The van der Waals surface area contributed by atoms with Gasteiger partial charge in [-0.05, 0) is 5.56 Å². The van der Waals surface area contributed by atoms with Crippen LogP contribution >= 0.6 is 0 Å². The van der Waals surface area contributed by atoms with E-state index in [0.717, 1.165) is 12.7 Å². The molecule has 0 radical (unpaired) electrons. The highest BCUT2D eigenvalue weighted by atomic mass is 32.2. The van der Waals surface area contributed by atoms with Crippen LogP contribution in [0.4, 0.5) is 4.79 Å². The van der Waals surface area contributed by atoms with E-state index in [1.807, 2.05) is 0 Å². The maximum absolute atomic E-state index is 11.8. The van der Waals surface area contributed by atoms with Gasteiger partial charge in [0.2, 0.25) is 0 Å². The summed E-state index contributed by atoms with van der Waals surface area (Å²) in [5.74, 6) is -2.68. The molecule has 1 amide bonds. The van der Waals surface area contributed by atoms with Crippen LogP contribution in [0.25, 0.3) is 0 Å². The fourth-order valence-corrected chi connectivity index (χ4v) is 2.10. The zero-order valence-corrected chi connectivity index (χ0v) is 14.7. The molecule has 1 unspecified atom stereocenters. The summed E-state index contributed by atoms with van der Waals surface area (Å²) in [5.41, 5.74) is 0.730. The van der Waals surface area contributed by atoms with Gasteiger partial charge in [-0.1, -0.05) is 30.3 Å². The van der Waals surface area contributed by atoms with E-state index in [-0.39, 0.29) is 6.61 Å². The standard InChI is InChI=1S/C15H19NO9S/c1-23-14(18)12(10-24-13(17)7-8-26(20,21)22)16-15(19)25-9-11-5-3-2-4-6-11/h2-6,12H,7-10H2,1H3,(H,16,19)(H,20,21,22). The predicted molar refractivity (Wildman–Crippen MR) is 87.6 cm³/mol. The Labute approximate surface area is 150 Å². The minimum atomic E-state index is -4.31. The fourth-order valence-electron chi connectivity index (χ4n) is 1.68. The van der Waals surface area contributed by atoms with Crippen LogP contribution in [0.2, 0.25) is 0 Å². The second-order valence-corrected chi connectivity index (χ2v) is 6.57. The van der Waals surface area contributed by atoms with E-state index in [1.165, 1.54) is 0 Å². The Morgan fingerprint density at radius 2 is 1.81 bits per heavy atom. The normalized spacial score (nSPS) is 11.9. The molecule has 0 spiro atoms. The van der Waals surface area contributed by atoms with Crippen LogP contribution in [-0.4, -0.2) is 56.5 Å². The van der Waals surface area contributed by atoms with E-state index in [9.17, 15) is 22.8 Å². The molecule has 0 saturated heterocycles. The van der Waals surface area contributed by atoms with E-state index >= 15 is 0 Å². The van der Waals surface area contributed by atoms with Crippen LogP contribution < -0.4 is 5.32 Å². The van der Waals surface area contributed by atoms with Gasteiger partial charge >= 0.3 is 18.0 Å². The molecule has 1 rings (SSSR count). The number of benzene rings is 1. The van der Waals surface area contributed by atoms with Gasteiger partial charge in [0.1, 0.15) is 13.2 Å². The summed E-state index contributed by atoms with van der Waals surface area (Å²) in [6.07, 6.45) is -1.54. The quantitative estimate of drug-likeness (QED) is 0.345. The average molecular weight is 389 g/mol. The number of amides is 1. The maximum atomic E-state index is 11.8. The van der Waals surface area contributed by atoms with Crippen molar-refractivity contribution in [1.29, 1.82) is 0 Å². The molecule has 144 valence electrons. The summed E-state index contributed by atoms with van der Waals surface area (Å²) in [7, 11) is -3.24. The zero-order chi connectivity index (χ0) is 19.6. The monoisotopic (exact) mass is 389 g/mol. The molecule has 26 heavy (non-hydrogen) atoms. The number of carbonyl (C=O) groups excluding carboxylic acids is 3. The summed E-state index contributed by atoms with van der Waals surface area (Å²) < 4.78 is 43.8. The van der Waals surface area contributed by atoms with Crippen LogP contribution in [0.3, 0.4) is 0 Å². The van der Waals surface area contributed by atoms with E-state index in [2.05, 4.69) is 10.1 Å². The van der Waals surface area contributed by atoms with Crippen LogP contribution in [0.1, 0.15) is 12.0 Å². The molecule has 0 aliphatic carbocycles. The van der Waals surface area contributed by atoms with Gasteiger partial charge < -0.3 is 19.5 Å². The summed E-state index contributed by atoms with van der Waals surface area (Å²) in [5, 5.41) is 2.19. The smallest absolute Gasteiger partial charge is 0.408 e. The molecule has 0 saturated carbocycles. The molecule has 0 fully saturated rings. The number of carbonyl (C=O) groups is 3. The number of methoxy groups -OCH3 is 1. The molecule has 0 aliphatic heterocycles. The van der Waals surface area contributed by atoms with Gasteiger partial charge in [-0.25, -0.2) is 9.59 Å². The molecular weight excluding hydrogens is 370 g/mol. The largest absolute Gasteiger partial charge is 0.467 e. The van der Waals surface area contributed by atoms with Crippen molar-refractivity contribution in [2.24, 2.45) is 0 Å².